The number of nitrogens with two attached hydrogens (primary N) is 2. The van der Waals surface area contributed by atoms with Gasteiger partial charge in [-0.3, -0.25) is 0 Å². The van der Waals surface area contributed by atoms with Gasteiger partial charge in [0, 0.05) is 12.3 Å². The van der Waals surface area contributed by atoms with E-state index in [9.17, 15) is 0 Å². The highest BCUT2D eigenvalue weighted by Crippen LogP contribution is 2.27. The summed E-state index contributed by atoms with van der Waals surface area (Å²) < 4.78 is 27.7. The van der Waals surface area contributed by atoms with Crippen molar-refractivity contribution in [1.82, 2.24) is 0 Å². The molecule has 2 rings (SSSR count). The largest absolute Gasteiger partial charge is 0.435 e. The SMILES string of the molecule is C=C[Si](C=C)(O[Si](C)(C)O[Si](C)(C)CN)O[Si](O[Si](C)(C)CN)(c1ccccc1)c1ccccc1. The maximum atomic E-state index is 7.23. The van der Waals surface area contributed by atoms with Gasteiger partial charge >= 0.3 is 25.7 Å². The molecule has 0 aliphatic carbocycles. The molecule has 0 atom stereocenters. The first-order chi connectivity index (χ1) is 16.3. The van der Waals surface area contributed by atoms with Gasteiger partial charge in [-0.1, -0.05) is 60.7 Å². The Balaban J connectivity index is 2.72. The second kappa shape index (κ2) is 11.9. The van der Waals surface area contributed by atoms with Gasteiger partial charge in [0.2, 0.25) is 0 Å². The Hall–Kier alpha value is -1.24. The van der Waals surface area contributed by atoms with Crippen LogP contribution in [0.15, 0.2) is 85.2 Å². The Kier molecular flexibility index (Phi) is 10.2. The molecule has 4 N–H and O–H groups in total. The fraction of sp³-hybridized carbons (Fsp3) is 0.333. The molecule has 0 amide bonds. The summed E-state index contributed by atoms with van der Waals surface area (Å²) in [5, 5.41) is 1.97. The third kappa shape index (κ3) is 7.87. The van der Waals surface area contributed by atoms with Gasteiger partial charge in [-0.25, -0.2) is 0 Å². The summed E-state index contributed by atoms with van der Waals surface area (Å²) in [5.41, 5.74) is 15.8. The molecule has 0 fully saturated rings. The van der Waals surface area contributed by atoms with Crippen molar-refractivity contribution in [3.05, 3.63) is 85.2 Å². The van der Waals surface area contributed by atoms with Gasteiger partial charge in [0.1, 0.15) is 0 Å². The van der Waals surface area contributed by atoms with Crippen LogP contribution in [0.2, 0.25) is 39.3 Å². The lowest BCUT2D eigenvalue weighted by atomic mass is 10.4. The fourth-order valence-electron chi connectivity index (χ4n) is 3.78. The van der Waals surface area contributed by atoms with Gasteiger partial charge < -0.3 is 27.9 Å². The van der Waals surface area contributed by atoms with Crippen molar-refractivity contribution < 1.29 is 16.5 Å². The molecule has 0 aromatic heterocycles. The van der Waals surface area contributed by atoms with Crippen molar-refractivity contribution in [2.45, 2.75) is 39.3 Å². The van der Waals surface area contributed by atoms with Gasteiger partial charge in [-0.15, -0.1) is 13.2 Å². The molecule has 0 aliphatic heterocycles. The van der Waals surface area contributed by atoms with Crippen molar-refractivity contribution in [2.75, 3.05) is 12.3 Å². The minimum atomic E-state index is -3.32. The smallest absolute Gasteiger partial charge is 0.388 e. The quantitative estimate of drug-likeness (QED) is 0.344. The van der Waals surface area contributed by atoms with Crippen molar-refractivity contribution in [3.63, 3.8) is 0 Å². The van der Waals surface area contributed by atoms with Gasteiger partial charge in [-0.2, -0.15) is 0 Å². The average molecular weight is 563 g/mol. The third-order valence-electron chi connectivity index (χ3n) is 5.51. The van der Waals surface area contributed by atoms with Crippen molar-refractivity contribution in [1.29, 1.82) is 0 Å². The van der Waals surface area contributed by atoms with Crippen LogP contribution in [-0.4, -0.2) is 54.7 Å². The lowest BCUT2D eigenvalue weighted by Crippen LogP contribution is -2.72. The van der Waals surface area contributed by atoms with Crippen LogP contribution >= 0.6 is 0 Å². The minimum Gasteiger partial charge on any atom is -0.435 e. The molecule has 0 bridgehead atoms. The van der Waals surface area contributed by atoms with Crippen LogP contribution in [0.4, 0.5) is 0 Å². The summed E-state index contributed by atoms with van der Waals surface area (Å²) in [6.45, 7) is 20.8. The van der Waals surface area contributed by atoms with E-state index in [2.05, 4.69) is 63.6 Å². The highest BCUT2D eigenvalue weighted by Gasteiger charge is 2.54. The Morgan fingerprint density at radius 3 is 1.40 bits per heavy atom. The molecule has 0 heterocycles. The highest BCUT2D eigenvalue weighted by atomic mass is 28.5. The van der Waals surface area contributed by atoms with Crippen LogP contribution in [0.3, 0.4) is 0 Å². The Morgan fingerprint density at radius 2 is 1.03 bits per heavy atom. The predicted molar refractivity (Wildman–Crippen MR) is 159 cm³/mol. The molecule has 0 saturated carbocycles. The summed E-state index contributed by atoms with van der Waals surface area (Å²) in [6.07, 6.45) is 0.971. The monoisotopic (exact) mass is 562 g/mol. The molecule has 2 aromatic rings. The van der Waals surface area contributed by atoms with Crippen LogP contribution in [0.5, 0.6) is 0 Å². The minimum absolute atomic E-state index is 0.460. The van der Waals surface area contributed by atoms with E-state index < -0.39 is 42.3 Å². The summed E-state index contributed by atoms with van der Waals surface area (Å²) in [7, 11) is -13.6. The van der Waals surface area contributed by atoms with Crippen molar-refractivity contribution >= 4 is 52.7 Å². The van der Waals surface area contributed by atoms with E-state index in [4.69, 9.17) is 27.9 Å². The zero-order chi connectivity index (χ0) is 26.4. The lowest BCUT2D eigenvalue weighted by Gasteiger charge is -2.45. The van der Waals surface area contributed by atoms with E-state index in [1.165, 1.54) is 0 Å². The van der Waals surface area contributed by atoms with E-state index in [0.29, 0.717) is 12.3 Å². The Labute approximate surface area is 217 Å². The van der Waals surface area contributed by atoms with Crippen LogP contribution in [0, 0.1) is 0 Å². The predicted octanol–water partition coefficient (Wildman–Crippen LogP) is 3.31. The molecule has 2 aromatic carbocycles. The zero-order valence-electron chi connectivity index (χ0n) is 22.0. The van der Waals surface area contributed by atoms with Gasteiger partial charge in [0.15, 0.2) is 16.6 Å². The van der Waals surface area contributed by atoms with Gasteiger partial charge in [0.25, 0.3) is 0 Å². The second-order valence-corrected chi connectivity index (χ2v) is 28.8. The molecule has 0 aliphatic rings. The summed E-state index contributed by atoms with van der Waals surface area (Å²) in [4.78, 5) is 0. The van der Waals surface area contributed by atoms with Crippen molar-refractivity contribution in [3.8, 4) is 0 Å². The van der Waals surface area contributed by atoms with Crippen LogP contribution < -0.4 is 21.8 Å². The first-order valence-corrected chi connectivity index (χ1v) is 24.7. The topological polar surface area (TPSA) is 89.0 Å². The molecule has 192 valence electrons. The standard InChI is InChI=1S/C24H42N2O4Si5/c1-9-34(10-2,29-33(7,8)27-31(3,4)21-25)30-35(28-32(5,6)22-26,23-17-13-11-14-18-23)24-19-15-12-16-20-24/h9-20H,1-2,21-22,25-26H2,3-8H3. The van der Waals surface area contributed by atoms with Crippen LogP contribution in [0.25, 0.3) is 0 Å². The summed E-state index contributed by atoms with van der Waals surface area (Å²) in [6, 6.07) is 20.3. The van der Waals surface area contributed by atoms with E-state index >= 15 is 0 Å². The van der Waals surface area contributed by atoms with E-state index in [0.717, 1.165) is 10.4 Å². The Morgan fingerprint density at radius 1 is 0.629 bits per heavy atom. The van der Waals surface area contributed by atoms with Crippen LogP contribution in [0.1, 0.15) is 0 Å². The molecular formula is C24H42N2O4Si5. The molecule has 35 heavy (non-hydrogen) atoms. The summed E-state index contributed by atoms with van der Waals surface area (Å²) >= 11 is 0. The molecule has 11 heteroatoms. The molecule has 0 radical (unpaired) electrons. The maximum Gasteiger partial charge on any atom is 0.388 e. The first kappa shape index (κ1) is 30.0. The molecule has 0 spiro atoms. The molecule has 0 saturated heterocycles. The lowest BCUT2D eigenvalue weighted by molar-refractivity contribution is 0.315. The summed E-state index contributed by atoms with van der Waals surface area (Å²) in [5.74, 6) is 0. The third-order valence-corrected chi connectivity index (χ3v) is 24.0. The average Bonchev–Trinajstić information content (AvgIpc) is 2.83. The van der Waals surface area contributed by atoms with E-state index in [-0.39, 0.29) is 0 Å². The second-order valence-electron chi connectivity index (χ2n) is 10.2. The molecule has 6 nitrogen and oxygen atoms in total. The highest BCUT2D eigenvalue weighted by molar-refractivity contribution is 7.04. The fourth-order valence-corrected chi connectivity index (χ4v) is 24.4. The van der Waals surface area contributed by atoms with E-state index in [1.807, 2.05) is 49.5 Å². The van der Waals surface area contributed by atoms with E-state index in [1.54, 1.807) is 11.4 Å². The molecule has 0 unspecified atom stereocenters. The molecular weight excluding hydrogens is 521 g/mol. The van der Waals surface area contributed by atoms with Crippen LogP contribution in [-0.2, 0) is 16.5 Å². The van der Waals surface area contributed by atoms with Gasteiger partial charge in [0.05, 0.1) is 0 Å². The first-order valence-electron chi connectivity index (χ1n) is 11.9. The number of hydrogen-bond acceptors (Lipinski definition) is 6. The maximum absolute atomic E-state index is 7.23. The zero-order valence-corrected chi connectivity index (χ0v) is 27.0. The van der Waals surface area contributed by atoms with Crippen molar-refractivity contribution in [2.24, 2.45) is 11.5 Å². The Bertz CT molecular complexity index is 927. The number of rotatable bonds is 14. The van der Waals surface area contributed by atoms with Gasteiger partial charge in [-0.05, 0) is 61.1 Å². The number of benzene rings is 2. The number of hydrogen-bond donors (Lipinski definition) is 2. The normalized spacial score (nSPS) is 13.5.